The van der Waals surface area contributed by atoms with Crippen molar-refractivity contribution in [1.82, 2.24) is 35.3 Å². The smallest absolute Gasteiger partial charge is 0.266 e. The van der Waals surface area contributed by atoms with Crippen LogP contribution in [0.4, 0.5) is 0 Å². The maximum Gasteiger partial charge on any atom is 0.266 e. The van der Waals surface area contributed by atoms with E-state index in [-0.39, 0.29) is 0 Å². The van der Waals surface area contributed by atoms with Gasteiger partial charge >= 0.3 is 0 Å². The van der Waals surface area contributed by atoms with E-state index < -0.39 is 0 Å². The Labute approximate surface area is 203 Å². The zero-order chi connectivity index (χ0) is 23.9. The van der Waals surface area contributed by atoms with Gasteiger partial charge in [-0.1, -0.05) is 30.3 Å². The lowest BCUT2D eigenvalue weighted by Gasteiger charge is -2.00. The first kappa shape index (κ1) is 20.1. The highest BCUT2D eigenvalue weighted by Crippen LogP contribution is 2.29. The second-order valence-corrected chi connectivity index (χ2v) is 8.11. The van der Waals surface area contributed by atoms with Crippen molar-refractivity contribution in [2.45, 2.75) is 0 Å². The van der Waals surface area contributed by atoms with E-state index in [2.05, 4.69) is 35.3 Å². The number of hydrogen-bond donors (Lipinski definition) is 0. The maximum absolute atomic E-state index is 5.94. The molecule has 0 aliphatic carbocycles. The van der Waals surface area contributed by atoms with Gasteiger partial charge in [0.25, 0.3) is 11.8 Å². The monoisotopic (exact) mass is 469 g/mol. The quantitative estimate of drug-likeness (QED) is 0.324. The van der Waals surface area contributed by atoms with E-state index in [1.807, 2.05) is 66.7 Å². The summed E-state index contributed by atoms with van der Waals surface area (Å²) in [5, 5.41) is 20.8. The van der Waals surface area contributed by atoms with Gasteiger partial charge in [0.1, 0.15) is 11.4 Å². The standard InChI is InChI=1S/C27H15N7O2/c1-2-5-20-14-29-22(11-16(20)4-1)26-33-31-24(35-26)18-6-3-7-19(10-18)25-32-34-27(36-25)23-12-17-8-9-28-13-21(17)15-30-23/h1-15H. The van der Waals surface area contributed by atoms with E-state index in [0.717, 1.165) is 32.7 Å². The first-order chi connectivity index (χ1) is 17.8. The number of nitrogens with zero attached hydrogens (tertiary/aromatic N) is 7. The number of pyridine rings is 3. The number of fused-ring (bicyclic) bond motifs is 2. The molecule has 0 N–H and O–H groups in total. The summed E-state index contributed by atoms with van der Waals surface area (Å²) in [6, 6.07) is 21.2. The molecule has 0 radical (unpaired) electrons. The van der Waals surface area contributed by atoms with Crippen LogP contribution in [0.1, 0.15) is 0 Å². The second-order valence-electron chi connectivity index (χ2n) is 8.11. The Hall–Kier alpha value is -5.31. The number of hydrogen-bond acceptors (Lipinski definition) is 9. The van der Waals surface area contributed by atoms with Gasteiger partial charge in [-0.2, -0.15) is 0 Å². The van der Waals surface area contributed by atoms with E-state index in [9.17, 15) is 0 Å². The molecule has 0 aliphatic heterocycles. The first-order valence-electron chi connectivity index (χ1n) is 11.1. The fraction of sp³-hybridized carbons (Fsp3) is 0. The molecule has 0 bridgehead atoms. The van der Waals surface area contributed by atoms with E-state index in [1.54, 1.807) is 24.8 Å². The largest absolute Gasteiger partial charge is 0.415 e. The lowest BCUT2D eigenvalue weighted by atomic mass is 10.1. The summed E-state index contributed by atoms with van der Waals surface area (Å²) in [4.78, 5) is 13.0. The second kappa shape index (κ2) is 8.17. The van der Waals surface area contributed by atoms with Gasteiger partial charge in [-0.05, 0) is 47.2 Å². The zero-order valence-corrected chi connectivity index (χ0v) is 18.6. The van der Waals surface area contributed by atoms with Crippen LogP contribution in [0.3, 0.4) is 0 Å². The number of aromatic nitrogens is 7. The van der Waals surface area contributed by atoms with Gasteiger partial charge in [-0.15, -0.1) is 20.4 Å². The van der Waals surface area contributed by atoms with Gasteiger partial charge in [-0.25, -0.2) is 0 Å². The lowest BCUT2D eigenvalue weighted by Crippen LogP contribution is -1.84. The SMILES string of the molecule is c1cc(-c2nnc(-c3cc4ccccc4cn3)o2)cc(-c2nnc(-c3cc4ccncc4cn3)o2)c1. The summed E-state index contributed by atoms with van der Waals surface area (Å²) < 4.78 is 11.9. The minimum Gasteiger partial charge on any atom is -0.415 e. The normalized spacial score (nSPS) is 11.3. The molecule has 170 valence electrons. The molecule has 0 atom stereocenters. The lowest BCUT2D eigenvalue weighted by molar-refractivity contribution is 0.580. The van der Waals surface area contributed by atoms with Crippen LogP contribution < -0.4 is 0 Å². The third-order valence-electron chi connectivity index (χ3n) is 5.80. The average Bonchev–Trinajstić information content (AvgIpc) is 3.64. The molecule has 2 aromatic carbocycles. The van der Waals surface area contributed by atoms with Crippen LogP contribution in [-0.4, -0.2) is 35.3 Å². The van der Waals surface area contributed by atoms with Crippen molar-refractivity contribution in [2.75, 3.05) is 0 Å². The van der Waals surface area contributed by atoms with Crippen molar-refractivity contribution in [3.05, 3.63) is 91.5 Å². The van der Waals surface area contributed by atoms with Gasteiger partial charge in [0, 0.05) is 46.7 Å². The van der Waals surface area contributed by atoms with E-state index >= 15 is 0 Å². The van der Waals surface area contributed by atoms with Crippen LogP contribution in [0.2, 0.25) is 0 Å². The Bertz CT molecular complexity index is 1740. The topological polar surface area (TPSA) is 117 Å². The first-order valence-corrected chi connectivity index (χ1v) is 11.1. The van der Waals surface area contributed by atoms with Gasteiger partial charge in [0.15, 0.2) is 0 Å². The third-order valence-corrected chi connectivity index (χ3v) is 5.80. The average molecular weight is 469 g/mol. The molecule has 36 heavy (non-hydrogen) atoms. The Morgan fingerprint density at radius 2 is 1.06 bits per heavy atom. The van der Waals surface area contributed by atoms with E-state index in [1.165, 1.54) is 0 Å². The predicted molar refractivity (Wildman–Crippen MR) is 132 cm³/mol. The molecule has 9 heteroatoms. The van der Waals surface area contributed by atoms with Crippen molar-refractivity contribution < 1.29 is 8.83 Å². The van der Waals surface area contributed by atoms with Crippen molar-refractivity contribution >= 4 is 21.5 Å². The maximum atomic E-state index is 5.94. The molecule has 0 fully saturated rings. The van der Waals surface area contributed by atoms with Crippen LogP contribution in [0.25, 0.3) is 67.6 Å². The fourth-order valence-corrected chi connectivity index (χ4v) is 3.97. The Morgan fingerprint density at radius 1 is 0.472 bits per heavy atom. The molecule has 5 aromatic heterocycles. The molecule has 0 aliphatic rings. The molecule has 0 saturated carbocycles. The third kappa shape index (κ3) is 3.55. The molecule has 7 rings (SSSR count). The van der Waals surface area contributed by atoms with Crippen molar-refractivity contribution in [2.24, 2.45) is 0 Å². The molecule has 0 unspecified atom stereocenters. The molecule has 0 saturated heterocycles. The molecule has 0 spiro atoms. The number of benzene rings is 2. The van der Waals surface area contributed by atoms with Crippen LogP contribution in [0, 0.1) is 0 Å². The Balaban J connectivity index is 1.19. The van der Waals surface area contributed by atoms with Gasteiger partial charge in [0.05, 0.1) is 0 Å². The number of rotatable bonds is 4. The van der Waals surface area contributed by atoms with Gasteiger partial charge < -0.3 is 8.83 Å². The highest BCUT2D eigenvalue weighted by atomic mass is 16.4. The van der Waals surface area contributed by atoms with Crippen LogP contribution in [0.5, 0.6) is 0 Å². The highest BCUT2D eigenvalue weighted by molar-refractivity contribution is 5.84. The minimum absolute atomic E-state index is 0.330. The van der Waals surface area contributed by atoms with E-state index in [0.29, 0.717) is 35.0 Å². The molecule has 0 amide bonds. The Morgan fingerprint density at radius 3 is 1.75 bits per heavy atom. The van der Waals surface area contributed by atoms with Crippen molar-refractivity contribution in [3.63, 3.8) is 0 Å². The van der Waals surface area contributed by atoms with Crippen LogP contribution >= 0.6 is 0 Å². The van der Waals surface area contributed by atoms with Crippen LogP contribution in [-0.2, 0) is 0 Å². The van der Waals surface area contributed by atoms with E-state index in [4.69, 9.17) is 8.83 Å². The summed E-state index contributed by atoms with van der Waals surface area (Å²) >= 11 is 0. The highest BCUT2D eigenvalue weighted by Gasteiger charge is 2.16. The molecular weight excluding hydrogens is 454 g/mol. The fourth-order valence-electron chi connectivity index (χ4n) is 3.97. The Kier molecular flexibility index (Phi) is 4.56. The van der Waals surface area contributed by atoms with Crippen LogP contribution in [0.15, 0.2) is 100 Å². The van der Waals surface area contributed by atoms with Gasteiger partial charge in [-0.3, -0.25) is 15.0 Å². The molecule has 9 nitrogen and oxygen atoms in total. The molecule has 7 aromatic rings. The van der Waals surface area contributed by atoms with Crippen molar-refractivity contribution in [1.29, 1.82) is 0 Å². The summed E-state index contributed by atoms with van der Waals surface area (Å²) in [5.41, 5.74) is 2.65. The molecule has 5 heterocycles. The summed E-state index contributed by atoms with van der Waals surface area (Å²) in [6.45, 7) is 0. The summed E-state index contributed by atoms with van der Waals surface area (Å²) in [5.74, 6) is 1.40. The molecular formula is C27H15N7O2. The van der Waals surface area contributed by atoms with Crippen molar-refractivity contribution in [3.8, 4) is 46.1 Å². The summed E-state index contributed by atoms with van der Waals surface area (Å²) in [7, 11) is 0. The zero-order valence-electron chi connectivity index (χ0n) is 18.6. The predicted octanol–water partition coefficient (Wildman–Crippen LogP) is 5.61. The minimum atomic E-state index is 0.330. The summed E-state index contributed by atoms with van der Waals surface area (Å²) in [6.07, 6.45) is 7.02. The van der Waals surface area contributed by atoms with Gasteiger partial charge in [0.2, 0.25) is 11.8 Å².